The third-order valence-electron chi connectivity index (χ3n) is 3.43. The summed E-state index contributed by atoms with van der Waals surface area (Å²) in [5.74, 6) is 0. The van der Waals surface area contributed by atoms with Crippen molar-refractivity contribution in [3.05, 3.63) is 59.4 Å². The van der Waals surface area contributed by atoms with Gasteiger partial charge in [-0.3, -0.25) is 4.98 Å². The van der Waals surface area contributed by atoms with Gasteiger partial charge in [0.25, 0.3) is 0 Å². The van der Waals surface area contributed by atoms with E-state index in [0.717, 1.165) is 16.8 Å². The van der Waals surface area contributed by atoms with E-state index < -0.39 is 10.0 Å². The molecule has 0 radical (unpaired) electrons. The number of pyridine rings is 1. The predicted molar refractivity (Wildman–Crippen MR) is 83.7 cm³/mol. The van der Waals surface area contributed by atoms with Crippen molar-refractivity contribution in [3.8, 4) is 0 Å². The first-order chi connectivity index (χ1) is 9.91. The van der Waals surface area contributed by atoms with Crippen LogP contribution in [0.15, 0.2) is 47.5 Å². The Bertz CT molecular complexity index is 712. The monoisotopic (exact) mass is 304 g/mol. The number of rotatable bonds is 5. The maximum Gasteiger partial charge on any atom is 0.243 e. The van der Waals surface area contributed by atoms with E-state index in [9.17, 15) is 8.42 Å². The van der Waals surface area contributed by atoms with Gasteiger partial charge in [0.1, 0.15) is 0 Å². The topological polar surface area (TPSA) is 50.3 Å². The van der Waals surface area contributed by atoms with Gasteiger partial charge in [-0.2, -0.15) is 0 Å². The van der Waals surface area contributed by atoms with Crippen LogP contribution in [0.3, 0.4) is 0 Å². The number of nitrogens with zero attached hydrogens (tertiary/aromatic N) is 2. The number of benzene rings is 1. The molecule has 4 nitrogen and oxygen atoms in total. The first-order valence-corrected chi connectivity index (χ1v) is 8.29. The van der Waals surface area contributed by atoms with Gasteiger partial charge in [0.2, 0.25) is 10.0 Å². The fourth-order valence-corrected chi connectivity index (χ4v) is 3.57. The summed E-state index contributed by atoms with van der Waals surface area (Å²) in [6, 6.07) is 11.0. The zero-order valence-electron chi connectivity index (χ0n) is 12.6. The van der Waals surface area contributed by atoms with Gasteiger partial charge in [-0.25, -0.2) is 12.7 Å². The Morgan fingerprint density at radius 2 is 1.90 bits per heavy atom. The highest BCUT2D eigenvalue weighted by atomic mass is 32.2. The van der Waals surface area contributed by atoms with Crippen LogP contribution in [0.2, 0.25) is 0 Å². The minimum Gasteiger partial charge on any atom is -0.261 e. The molecular formula is C16H20N2O2S. The van der Waals surface area contributed by atoms with Crippen molar-refractivity contribution in [1.29, 1.82) is 0 Å². The Morgan fingerprint density at radius 3 is 2.52 bits per heavy atom. The molecule has 0 atom stereocenters. The zero-order chi connectivity index (χ0) is 15.5. The molecule has 0 bridgehead atoms. The average Bonchev–Trinajstić information content (AvgIpc) is 2.45. The molecule has 0 amide bonds. The Labute approximate surface area is 126 Å². The number of hydrogen-bond donors (Lipinski definition) is 0. The Kier molecular flexibility index (Phi) is 4.75. The highest BCUT2D eigenvalue weighted by molar-refractivity contribution is 7.89. The molecule has 21 heavy (non-hydrogen) atoms. The van der Waals surface area contributed by atoms with Crippen molar-refractivity contribution >= 4 is 10.0 Å². The van der Waals surface area contributed by atoms with Crippen LogP contribution in [0.1, 0.15) is 16.8 Å². The van der Waals surface area contributed by atoms with E-state index in [4.69, 9.17) is 0 Å². The second-order valence-corrected chi connectivity index (χ2v) is 7.18. The number of hydrogen-bond acceptors (Lipinski definition) is 3. The van der Waals surface area contributed by atoms with Crippen molar-refractivity contribution in [2.45, 2.75) is 25.2 Å². The molecule has 0 spiro atoms. The van der Waals surface area contributed by atoms with Crippen molar-refractivity contribution in [2.24, 2.45) is 0 Å². The summed E-state index contributed by atoms with van der Waals surface area (Å²) in [4.78, 5) is 4.59. The Hall–Kier alpha value is -1.72. The van der Waals surface area contributed by atoms with Crippen LogP contribution >= 0.6 is 0 Å². The van der Waals surface area contributed by atoms with Crippen molar-refractivity contribution < 1.29 is 8.42 Å². The van der Waals surface area contributed by atoms with Crippen LogP contribution in [0, 0.1) is 13.8 Å². The van der Waals surface area contributed by atoms with E-state index in [1.54, 1.807) is 19.3 Å². The van der Waals surface area contributed by atoms with Crippen molar-refractivity contribution in [3.63, 3.8) is 0 Å². The van der Waals surface area contributed by atoms with Crippen molar-refractivity contribution in [1.82, 2.24) is 9.29 Å². The van der Waals surface area contributed by atoms with Crippen LogP contribution in [0.25, 0.3) is 0 Å². The van der Waals surface area contributed by atoms with Crippen LogP contribution in [0.4, 0.5) is 0 Å². The highest BCUT2D eigenvalue weighted by Gasteiger charge is 2.22. The fraction of sp³-hybridized carbons (Fsp3) is 0.312. The molecule has 2 rings (SSSR count). The third-order valence-corrected chi connectivity index (χ3v) is 5.44. The normalized spacial score (nSPS) is 11.8. The fourth-order valence-electron chi connectivity index (χ4n) is 2.19. The molecule has 0 aliphatic heterocycles. The first-order valence-electron chi connectivity index (χ1n) is 6.85. The standard InChI is InChI=1S/C16H20N2O2S/c1-13-7-8-16(14(2)12-13)21(19,20)18(3)11-9-15-6-4-5-10-17-15/h4-8,10,12H,9,11H2,1-3H3. The largest absolute Gasteiger partial charge is 0.261 e. The van der Waals surface area contributed by atoms with Gasteiger partial charge in [-0.05, 0) is 37.6 Å². The molecule has 2 aromatic rings. The average molecular weight is 304 g/mol. The van der Waals surface area contributed by atoms with Gasteiger partial charge in [-0.1, -0.05) is 23.8 Å². The summed E-state index contributed by atoms with van der Waals surface area (Å²) in [7, 11) is -1.84. The minimum absolute atomic E-state index is 0.372. The van der Waals surface area contributed by atoms with Gasteiger partial charge in [0, 0.05) is 31.9 Å². The van der Waals surface area contributed by atoms with E-state index in [1.807, 2.05) is 44.2 Å². The van der Waals surface area contributed by atoms with Crippen LogP contribution in [-0.2, 0) is 16.4 Å². The molecule has 1 aromatic carbocycles. The smallest absolute Gasteiger partial charge is 0.243 e. The molecule has 0 unspecified atom stereocenters. The summed E-state index contributed by atoms with van der Waals surface area (Å²) >= 11 is 0. The molecular weight excluding hydrogens is 284 g/mol. The molecule has 0 N–H and O–H groups in total. The summed E-state index contributed by atoms with van der Waals surface area (Å²) in [5.41, 5.74) is 2.72. The lowest BCUT2D eigenvalue weighted by atomic mass is 10.2. The molecule has 0 saturated heterocycles. The van der Waals surface area contributed by atoms with E-state index in [0.29, 0.717) is 17.9 Å². The van der Waals surface area contributed by atoms with Crippen molar-refractivity contribution in [2.75, 3.05) is 13.6 Å². The van der Waals surface area contributed by atoms with E-state index in [-0.39, 0.29) is 0 Å². The predicted octanol–water partition coefficient (Wildman–Crippen LogP) is 2.56. The maximum absolute atomic E-state index is 12.6. The Balaban J connectivity index is 2.15. The molecule has 0 aliphatic rings. The summed E-state index contributed by atoms with van der Waals surface area (Å²) in [6.45, 7) is 4.19. The second kappa shape index (κ2) is 6.37. The van der Waals surface area contributed by atoms with Crippen LogP contribution < -0.4 is 0 Å². The molecule has 0 saturated carbocycles. The molecule has 1 heterocycles. The molecule has 0 aliphatic carbocycles. The SMILES string of the molecule is Cc1ccc(S(=O)(=O)N(C)CCc2ccccn2)c(C)c1. The zero-order valence-corrected chi connectivity index (χ0v) is 13.4. The lowest BCUT2D eigenvalue weighted by Crippen LogP contribution is -2.29. The molecule has 5 heteroatoms. The van der Waals surface area contributed by atoms with Crippen LogP contribution in [-0.4, -0.2) is 31.3 Å². The molecule has 0 fully saturated rings. The Morgan fingerprint density at radius 1 is 1.14 bits per heavy atom. The second-order valence-electron chi connectivity index (χ2n) is 5.17. The van der Waals surface area contributed by atoms with Gasteiger partial charge in [0.15, 0.2) is 0 Å². The number of aryl methyl sites for hydroxylation is 2. The number of aromatic nitrogens is 1. The highest BCUT2D eigenvalue weighted by Crippen LogP contribution is 2.20. The summed E-state index contributed by atoms with van der Waals surface area (Å²) < 4.78 is 26.6. The third kappa shape index (κ3) is 3.68. The quantitative estimate of drug-likeness (QED) is 0.853. The van der Waals surface area contributed by atoms with Gasteiger partial charge in [-0.15, -0.1) is 0 Å². The number of likely N-dealkylation sites (N-methyl/N-ethyl adjacent to an activating group) is 1. The molecule has 112 valence electrons. The van der Waals surface area contributed by atoms with Gasteiger partial charge < -0.3 is 0 Å². The van der Waals surface area contributed by atoms with Gasteiger partial charge >= 0.3 is 0 Å². The molecule has 1 aromatic heterocycles. The summed E-state index contributed by atoms with van der Waals surface area (Å²) in [6.07, 6.45) is 2.31. The van der Waals surface area contributed by atoms with E-state index in [2.05, 4.69) is 4.98 Å². The first kappa shape index (κ1) is 15.7. The van der Waals surface area contributed by atoms with Gasteiger partial charge in [0.05, 0.1) is 4.90 Å². The van der Waals surface area contributed by atoms with E-state index in [1.165, 1.54) is 4.31 Å². The van der Waals surface area contributed by atoms with E-state index >= 15 is 0 Å². The summed E-state index contributed by atoms with van der Waals surface area (Å²) in [5, 5.41) is 0. The lowest BCUT2D eigenvalue weighted by Gasteiger charge is -2.18. The number of sulfonamides is 1. The maximum atomic E-state index is 12.6. The van der Waals surface area contributed by atoms with Crippen LogP contribution in [0.5, 0.6) is 0 Å². The minimum atomic E-state index is -3.45. The lowest BCUT2D eigenvalue weighted by molar-refractivity contribution is 0.470.